The molecule has 1 aromatic carbocycles. The zero-order valence-electron chi connectivity index (χ0n) is 13.2. The molecule has 0 amide bonds. The second kappa shape index (κ2) is 4.93. The molecular weight excluding hydrogens is 284 g/mol. The minimum Gasteiger partial charge on any atom is -0.454 e. The first-order chi connectivity index (χ1) is 11.3. The van der Waals surface area contributed by atoms with E-state index < -0.39 is 0 Å². The predicted molar refractivity (Wildman–Crippen MR) is 91.4 cm³/mol. The first kappa shape index (κ1) is 13.3. The van der Waals surface area contributed by atoms with Crippen LogP contribution in [0.3, 0.4) is 0 Å². The van der Waals surface area contributed by atoms with Crippen molar-refractivity contribution in [3.63, 3.8) is 0 Å². The summed E-state index contributed by atoms with van der Waals surface area (Å²) in [6.45, 7) is 3.72. The van der Waals surface area contributed by atoms with Crippen LogP contribution in [0.5, 0.6) is 0 Å². The lowest BCUT2D eigenvalue weighted by Crippen LogP contribution is -2.36. The fraction of sp³-hybridized carbons (Fsp3) is 0.350. The number of piperidine rings is 1. The van der Waals surface area contributed by atoms with Gasteiger partial charge >= 0.3 is 0 Å². The average Bonchev–Trinajstić information content (AvgIpc) is 3.16. The van der Waals surface area contributed by atoms with Gasteiger partial charge in [-0.3, -0.25) is 4.98 Å². The molecule has 0 N–H and O–H groups in total. The standard InChI is InChI=1S/C20H20N2O/c1-2-5-18-15(4-1)12-19(23-18)17-7-6-16(13-21-17)20-8-3-10-22(14-20)11-9-20/h1-2,4-7,12-13H,3,8-11,14H2. The number of aromatic nitrogens is 1. The fourth-order valence-corrected chi connectivity index (χ4v) is 4.34. The summed E-state index contributed by atoms with van der Waals surface area (Å²) in [5, 5.41) is 1.13. The van der Waals surface area contributed by atoms with Crippen LogP contribution in [0.4, 0.5) is 0 Å². The number of hydrogen-bond donors (Lipinski definition) is 0. The molecule has 2 bridgehead atoms. The van der Waals surface area contributed by atoms with Crippen LogP contribution in [-0.2, 0) is 5.41 Å². The van der Waals surface area contributed by atoms with Crippen molar-refractivity contribution in [3.8, 4) is 11.5 Å². The van der Waals surface area contributed by atoms with Gasteiger partial charge in [-0.25, -0.2) is 0 Å². The van der Waals surface area contributed by atoms with E-state index in [1.54, 1.807) is 0 Å². The topological polar surface area (TPSA) is 29.3 Å². The Morgan fingerprint density at radius 2 is 2.00 bits per heavy atom. The number of furan rings is 1. The molecule has 4 heterocycles. The normalized spacial score (nSPS) is 26.7. The summed E-state index contributed by atoms with van der Waals surface area (Å²) in [5.74, 6) is 0.854. The molecule has 0 spiro atoms. The lowest BCUT2D eigenvalue weighted by molar-refractivity contribution is 0.243. The van der Waals surface area contributed by atoms with Crippen LogP contribution < -0.4 is 0 Å². The quantitative estimate of drug-likeness (QED) is 0.709. The minimum atomic E-state index is 0.345. The second-order valence-electron chi connectivity index (χ2n) is 6.99. The highest BCUT2D eigenvalue weighted by molar-refractivity contribution is 5.82. The third-order valence-corrected chi connectivity index (χ3v) is 5.62. The molecule has 2 aliphatic heterocycles. The molecule has 2 fully saturated rings. The van der Waals surface area contributed by atoms with Crippen LogP contribution in [0.2, 0.25) is 0 Å². The second-order valence-corrected chi connectivity index (χ2v) is 6.99. The Morgan fingerprint density at radius 1 is 1.04 bits per heavy atom. The van der Waals surface area contributed by atoms with E-state index in [-0.39, 0.29) is 0 Å². The predicted octanol–water partition coefficient (Wildman–Crippen LogP) is 4.23. The lowest BCUT2D eigenvalue weighted by Gasteiger charge is -2.34. The monoisotopic (exact) mass is 304 g/mol. The van der Waals surface area contributed by atoms with Gasteiger partial charge in [-0.15, -0.1) is 0 Å². The highest BCUT2D eigenvalue weighted by Crippen LogP contribution is 2.42. The van der Waals surface area contributed by atoms with E-state index in [0.717, 1.165) is 22.4 Å². The summed E-state index contributed by atoms with van der Waals surface area (Å²) in [5.41, 5.74) is 3.59. The summed E-state index contributed by atoms with van der Waals surface area (Å²) in [6.07, 6.45) is 5.97. The van der Waals surface area contributed by atoms with Gasteiger partial charge in [0.25, 0.3) is 0 Å². The number of hydrogen-bond acceptors (Lipinski definition) is 3. The Bertz CT molecular complexity index is 814. The molecule has 23 heavy (non-hydrogen) atoms. The smallest absolute Gasteiger partial charge is 0.153 e. The van der Waals surface area contributed by atoms with Crippen LogP contribution in [0.15, 0.2) is 53.1 Å². The van der Waals surface area contributed by atoms with E-state index in [4.69, 9.17) is 9.40 Å². The number of pyridine rings is 1. The summed E-state index contributed by atoms with van der Waals surface area (Å²) in [4.78, 5) is 7.31. The van der Waals surface area contributed by atoms with Crippen molar-refractivity contribution in [3.05, 3.63) is 54.2 Å². The average molecular weight is 304 g/mol. The highest BCUT2D eigenvalue weighted by Gasteiger charge is 2.42. The molecule has 116 valence electrons. The van der Waals surface area contributed by atoms with E-state index in [1.807, 2.05) is 18.2 Å². The van der Waals surface area contributed by atoms with Crippen molar-refractivity contribution >= 4 is 11.0 Å². The van der Waals surface area contributed by atoms with E-state index >= 15 is 0 Å². The van der Waals surface area contributed by atoms with Crippen LogP contribution in [0.1, 0.15) is 24.8 Å². The molecule has 0 radical (unpaired) electrons. The number of para-hydroxylation sites is 1. The molecule has 2 atom stereocenters. The van der Waals surface area contributed by atoms with Gasteiger partial charge in [0.05, 0.1) is 0 Å². The molecule has 3 nitrogen and oxygen atoms in total. The molecule has 5 rings (SSSR count). The first-order valence-corrected chi connectivity index (χ1v) is 8.50. The number of nitrogens with zero attached hydrogens (tertiary/aromatic N) is 2. The van der Waals surface area contributed by atoms with E-state index in [2.05, 4.69) is 35.4 Å². The summed E-state index contributed by atoms with van der Waals surface area (Å²) < 4.78 is 5.93. The van der Waals surface area contributed by atoms with Crippen LogP contribution in [0.25, 0.3) is 22.4 Å². The maximum atomic E-state index is 5.93. The fourth-order valence-electron chi connectivity index (χ4n) is 4.34. The summed E-state index contributed by atoms with van der Waals surface area (Å²) in [7, 11) is 0. The summed E-state index contributed by atoms with van der Waals surface area (Å²) >= 11 is 0. The van der Waals surface area contributed by atoms with Gasteiger partial charge in [-0.2, -0.15) is 0 Å². The Hall–Kier alpha value is -2.13. The van der Waals surface area contributed by atoms with Crippen molar-refractivity contribution in [2.24, 2.45) is 0 Å². The molecule has 2 saturated heterocycles. The third-order valence-electron chi connectivity index (χ3n) is 5.62. The molecule has 3 aromatic rings. The van der Waals surface area contributed by atoms with Gasteiger partial charge in [-0.05, 0) is 56.1 Å². The van der Waals surface area contributed by atoms with Crippen LogP contribution >= 0.6 is 0 Å². The molecule has 0 saturated carbocycles. The number of rotatable bonds is 2. The Morgan fingerprint density at radius 3 is 2.87 bits per heavy atom. The van der Waals surface area contributed by atoms with Gasteiger partial charge in [0.2, 0.25) is 0 Å². The van der Waals surface area contributed by atoms with Gasteiger partial charge in [-0.1, -0.05) is 24.3 Å². The van der Waals surface area contributed by atoms with Gasteiger partial charge in [0.1, 0.15) is 11.3 Å². The molecule has 2 aliphatic rings. The Balaban J connectivity index is 1.49. The Kier molecular flexibility index (Phi) is 2.86. The maximum Gasteiger partial charge on any atom is 0.153 e. The molecule has 2 aromatic heterocycles. The number of fused-ring (bicyclic) bond motifs is 3. The molecular formula is C20H20N2O. The van der Waals surface area contributed by atoms with Crippen LogP contribution in [-0.4, -0.2) is 29.5 Å². The van der Waals surface area contributed by atoms with Crippen molar-refractivity contribution in [1.82, 2.24) is 9.88 Å². The zero-order valence-corrected chi connectivity index (χ0v) is 13.2. The summed E-state index contributed by atoms with van der Waals surface area (Å²) in [6, 6.07) is 14.6. The highest BCUT2D eigenvalue weighted by atomic mass is 16.3. The molecule has 2 unspecified atom stereocenters. The SMILES string of the molecule is c1ccc2oc(-c3ccc(C45CCCN(CC4)C5)cn3)cc2c1. The maximum absolute atomic E-state index is 5.93. The molecule has 0 aliphatic carbocycles. The minimum absolute atomic E-state index is 0.345. The first-order valence-electron chi connectivity index (χ1n) is 8.50. The number of benzene rings is 1. The van der Waals surface area contributed by atoms with E-state index in [9.17, 15) is 0 Å². The third kappa shape index (κ3) is 2.11. The van der Waals surface area contributed by atoms with Gasteiger partial charge in [0.15, 0.2) is 5.76 Å². The van der Waals surface area contributed by atoms with Crippen molar-refractivity contribution in [2.75, 3.05) is 19.6 Å². The largest absolute Gasteiger partial charge is 0.454 e. The van der Waals surface area contributed by atoms with E-state index in [0.29, 0.717) is 5.41 Å². The van der Waals surface area contributed by atoms with Crippen LogP contribution in [0, 0.1) is 0 Å². The van der Waals surface area contributed by atoms with E-state index in [1.165, 1.54) is 44.5 Å². The van der Waals surface area contributed by atoms with Crippen molar-refractivity contribution < 1.29 is 4.42 Å². The van der Waals surface area contributed by atoms with Gasteiger partial charge < -0.3 is 9.32 Å². The van der Waals surface area contributed by atoms with Crippen molar-refractivity contribution in [2.45, 2.75) is 24.7 Å². The molecule has 3 heteroatoms. The Labute approximate surface area is 135 Å². The zero-order chi connectivity index (χ0) is 15.3. The van der Waals surface area contributed by atoms with Crippen molar-refractivity contribution in [1.29, 1.82) is 0 Å². The lowest BCUT2D eigenvalue weighted by atomic mass is 9.75. The van der Waals surface area contributed by atoms with Gasteiger partial charge in [0, 0.05) is 23.5 Å².